The highest BCUT2D eigenvalue weighted by molar-refractivity contribution is 9.12. The van der Waals surface area contributed by atoms with Crippen LogP contribution in [0.3, 0.4) is 0 Å². The van der Waals surface area contributed by atoms with Gasteiger partial charge in [0.25, 0.3) is 0 Å². The van der Waals surface area contributed by atoms with Crippen molar-refractivity contribution in [2.24, 2.45) is 0 Å². The second kappa shape index (κ2) is 6.99. The average Bonchev–Trinajstić information content (AvgIpc) is 2.75. The number of ketones is 1. The van der Waals surface area contributed by atoms with Crippen molar-refractivity contribution in [1.82, 2.24) is 0 Å². The first-order valence-corrected chi connectivity index (χ1v) is 8.63. The van der Waals surface area contributed by atoms with Crippen LogP contribution in [-0.4, -0.2) is 17.3 Å². The summed E-state index contributed by atoms with van der Waals surface area (Å²) in [5.41, 5.74) is 0.282. The standard InChI is InChI=1S/C12H6Br3NO4S/c13-7-2-1-3-8(16(18)19)11(7)20-5-9(17)6-4-10(14)21-12(6)15/h1-4H,5H2. The number of rotatable bonds is 5. The minimum absolute atomic E-state index is 0.0428. The molecule has 2 rings (SSSR count). The van der Waals surface area contributed by atoms with Gasteiger partial charge in [0.2, 0.25) is 11.5 Å². The Labute approximate surface area is 148 Å². The van der Waals surface area contributed by atoms with Gasteiger partial charge in [-0.1, -0.05) is 6.07 Å². The summed E-state index contributed by atoms with van der Waals surface area (Å²) in [5.74, 6) is -0.227. The number of hydrogen-bond donors (Lipinski definition) is 0. The molecule has 0 spiro atoms. The first-order valence-electron chi connectivity index (χ1n) is 5.44. The highest BCUT2D eigenvalue weighted by atomic mass is 79.9. The molecule has 2 aromatic rings. The van der Waals surface area contributed by atoms with Crippen LogP contribution in [0.15, 0.2) is 36.3 Å². The van der Waals surface area contributed by atoms with Crippen LogP contribution in [0.2, 0.25) is 0 Å². The van der Waals surface area contributed by atoms with E-state index in [0.717, 1.165) is 3.79 Å². The van der Waals surface area contributed by atoms with Crippen LogP contribution in [-0.2, 0) is 0 Å². The number of thiophene rings is 1. The summed E-state index contributed by atoms with van der Waals surface area (Å²) in [5, 5.41) is 11.0. The lowest BCUT2D eigenvalue weighted by Gasteiger charge is -2.07. The van der Waals surface area contributed by atoms with E-state index in [9.17, 15) is 14.9 Å². The fourth-order valence-corrected chi connectivity index (χ4v) is 4.86. The van der Waals surface area contributed by atoms with Crippen LogP contribution >= 0.6 is 59.1 Å². The molecule has 5 nitrogen and oxygen atoms in total. The van der Waals surface area contributed by atoms with Gasteiger partial charge < -0.3 is 4.74 Å². The molecule has 0 unspecified atom stereocenters. The summed E-state index contributed by atoms with van der Waals surface area (Å²) in [6.45, 7) is -0.286. The van der Waals surface area contributed by atoms with Gasteiger partial charge >= 0.3 is 5.69 Å². The molecule has 21 heavy (non-hydrogen) atoms. The Balaban J connectivity index is 2.19. The molecule has 1 aromatic carbocycles. The number of nitro benzene ring substituents is 1. The number of carbonyl (C=O) groups excluding carboxylic acids is 1. The van der Waals surface area contributed by atoms with E-state index in [1.165, 1.54) is 23.5 Å². The maximum absolute atomic E-state index is 12.1. The molecule has 1 aromatic heterocycles. The van der Waals surface area contributed by atoms with Gasteiger partial charge in [-0.3, -0.25) is 14.9 Å². The third-order valence-electron chi connectivity index (χ3n) is 2.45. The van der Waals surface area contributed by atoms with Crippen LogP contribution in [0.5, 0.6) is 5.75 Å². The van der Waals surface area contributed by atoms with Crippen molar-refractivity contribution in [1.29, 1.82) is 0 Å². The van der Waals surface area contributed by atoms with Crippen molar-refractivity contribution >= 4 is 70.6 Å². The van der Waals surface area contributed by atoms with Crippen molar-refractivity contribution in [2.75, 3.05) is 6.61 Å². The predicted molar refractivity (Wildman–Crippen MR) is 90.3 cm³/mol. The van der Waals surface area contributed by atoms with E-state index in [1.807, 2.05) is 0 Å². The van der Waals surface area contributed by atoms with Gasteiger partial charge in [0.15, 0.2) is 6.61 Å². The second-order valence-electron chi connectivity index (χ2n) is 3.79. The first kappa shape index (κ1) is 16.6. The minimum Gasteiger partial charge on any atom is -0.478 e. The highest BCUT2D eigenvalue weighted by Crippen LogP contribution is 2.35. The quantitative estimate of drug-likeness (QED) is 0.322. The molecule has 0 saturated heterocycles. The molecule has 0 fully saturated rings. The molecular formula is C12H6Br3NO4S. The number of halogens is 3. The number of nitrogens with zero attached hydrogens (tertiary/aromatic N) is 1. The number of ether oxygens (including phenoxy) is 1. The Morgan fingerprint density at radius 2 is 2.05 bits per heavy atom. The van der Waals surface area contributed by atoms with E-state index >= 15 is 0 Å². The third-order valence-corrected chi connectivity index (χ3v) is 5.41. The molecule has 0 radical (unpaired) electrons. The van der Waals surface area contributed by atoms with Gasteiger partial charge in [0.05, 0.1) is 17.0 Å². The van der Waals surface area contributed by atoms with Crippen molar-refractivity contribution in [3.8, 4) is 5.75 Å². The lowest BCUT2D eigenvalue weighted by Crippen LogP contribution is -2.12. The molecule has 0 aliphatic heterocycles. The van der Waals surface area contributed by atoms with Crippen LogP contribution in [0, 0.1) is 10.1 Å². The lowest BCUT2D eigenvalue weighted by atomic mass is 10.2. The van der Waals surface area contributed by atoms with Crippen molar-refractivity contribution in [3.63, 3.8) is 0 Å². The maximum Gasteiger partial charge on any atom is 0.312 e. The number of Topliss-reactive ketones (excluding diaryl/α,β-unsaturated/α-hetero) is 1. The van der Waals surface area contributed by atoms with E-state index in [0.29, 0.717) is 13.8 Å². The highest BCUT2D eigenvalue weighted by Gasteiger charge is 2.20. The van der Waals surface area contributed by atoms with Gasteiger partial charge in [0.1, 0.15) is 0 Å². The fraction of sp³-hybridized carbons (Fsp3) is 0.0833. The molecule has 1 heterocycles. The van der Waals surface area contributed by atoms with Gasteiger partial charge in [-0.05, 0) is 59.9 Å². The minimum atomic E-state index is -0.554. The maximum atomic E-state index is 12.1. The van der Waals surface area contributed by atoms with Crippen molar-refractivity contribution < 1.29 is 14.5 Å². The van der Waals surface area contributed by atoms with E-state index in [4.69, 9.17) is 4.74 Å². The van der Waals surface area contributed by atoms with Crippen molar-refractivity contribution in [2.45, 2.75) is 0 Å². The van der Waals surface area contributed by atoms with Crippen LogP contribution in [0.1, 0.15) is 10.4 Å². The van der Waals surface area contributed by atoms with Crippen LogP contribution in [0.25, 0.3) is 0 Å². The lowest BCUT2D eigenvalue weighted by molar-refractivity contribution is -0.385. The number of para-hydroxylation sites is 1. The predicted octanol–water partition coefficient (Wildman–Crippen LogP) is 5.21. The van der Waals surface area contributed by atoms with E-state index in [2.05, 4.69) is 47.8 Å². The van der Waals surface area contributed by atoms with E-state index < -0.39 is 4.92 Å². The van der Waals surface area contributed by atoms with Gasteiger partial charge in [-0.25, -0.2) is 0 Å². The monoisotopic (exact) mass is 497 g/mol. The van der Waals surface area contributed by atoms with Crippen LogP contribution < -0.4 is 4.74 Å². The summed E-state index contributed by atoms with van der Waals surface area (Å²) in [4.78, 5) is 22.5. The zero-order valence-corrected chi connectivity index (χ0v) is 15.7. The zero-order chi connectivity index (χ0) is 15.6. The largest absolute Gasteiger partial charge is 0.478 e. The molecular weight excluding hydrogens is 494 g/mol. The number of benzene rings is 1. The Morgan fingerprint density at radius 3 is 2.62 bits per heavy atom. The van der Waals surface area contributed by atoms with Gasteiger partial charge in [-0.15, -0.1) is 11.3 Å². The van der Waals surface area contributed by atoms with E-state index in [1.54, 1.807) is 12.1 Å². The second-order valence-corrected chi connectivity index (χ2v) is 8.40. The summed E-state index contributed by atoms with van der Waals surface area (Å²) in [6.07, 6.45) is 0. The van der Waals surface area contributed by atoms with Crippen LogP contribution in [0.4, 0.5) is 5.69 Å². The molecule has 0 bridgehead atoms. The molecule has 0 aliphatic rings. The summed E-state index contributed by atoms with van der Waals surface area (Å²) < 4.78 is 7.26. The number of carbonyl (C=O) groups is 1. The number of nitro groups is 1. The first-order chi connectivity index (χ1) is 9.90. The Kier molecular flexibility index (Phi) is 5.53. The van der Waals surface area contributed by atoms with Gasteiger partial charge in [0, 0.05) is 11.6 Å². The Bertz CT molecular complexity index is 717. The SMILES string of the molecule is O=C(COc1c(Br)cccc1[N+](=O)[O-])c1cc(Br)sc1Br. The zero-order valence-electron chi connectivity index (χ0n) is 10.1. The topological polar surface area (TPSA) is 69.4 Å². The normalized spacial score (nSPS) is 10.4. The molecule has 110 valence electrons. The Hall–Kier alpha value is -0.770. The summed E-state index contributed by atoms with van der Waals surface area (Å²) in [7, 11) is 0. The summed E-state index contributed by atoms with van der Waals surface area (Å²) in [6, 6.07) is 6.14. The molecule has 0 amide bonds. The van der Waals surface area contributed by atoms with Crippen molar-refractivity contribution in [3.05, 3.63) is 52.0 Å². The molecule has 0 aliphatic carbocycles. The molecule has 0 N–H and O–H groups in total. The third kappa shape index (κ3) is 3.91. The molecule has 0 saturated carbocycles. The molecule has 9 heteroatoms. The molecule has 0 atom stereocenters. The van der Waals surface area contributed by atoms with E-state index in [-0.39, 0.29) is 23.8 Å². The fourth-order valence-electron chi connectivity index (χ4n) is 1.53. The summed E-state index contributed by atoms with van der Waals surface area (Å²) >= 11 is 11.1. The Morgan fingerprint density at radius 1 is 1.33 bits per heavy atom. The average molecular weight is 500 g/mol. The smallest absolute Gasteiger partial charge is 0.312 e. The van der Waals surface area contributed by atoms with Gasteiger partial charge in [-0.2, -0.15) is 0 Å². The number of hydrogen-bond acceptors (Lipinski definition) is 5.